The van der Waals surface area contributed by atoms with Crippen LogP contribution in [0.1, 0.15) is 12.8 Å². The number of likely N-dealkylation sites (tertiary alicyclic amines) is 1. The fourth-order valence-corrected chi connectivity index (χ4v) is 2.37. The molecule has 5 heteroatoms. The number of nitrogens with zero attached hydrogens (tertiary/aromatic N) is 1. The van der Waals surface area contributed by atoms with Crippen LogP contribution in [0.4, 0.5) is 0 Å². The molecule has 1 fully saturated rings. The maximum absolute atomic E-state index is 11.8. The topological polar surface area (TPSA) is 67.6 Å². The molecule has 1 saturated heterocycles. The number of amides is 1. The van der Waals surface area contributed by atoms with Gasteiger partial charge in [0.15, 0.2) is 0 Å². The third-order valence-electron chi connectivity index (χ3n) is 3.35. The second-order valence-electron chi connectivity index (χ2n) is 5.15. The molecule has 1 heterocycles. The maximum atomic E-state index is 11.8. The molecule has 2 rings (SSSR count). The Morgan fingerprint density at radius 3 is 2.95 bits per heavy atom. The zero-order valence-electron chi connectivity index (χ0n) is 11.8. The van der Waals surface area contributed by atoms with E-state index in [4.69, 9.17) is 10.5 Å². The summed E-state index contributed by atoms with van der Waals surface area (Å²) in [6, 6.07) is 9.80. The van der Waals surface area contributed by atoms with E-state index in [0.29, 0.717) is 19.7 Å². The van der Waals surface area contributed by atoms with Crippen LogP contribution in [0.5, 0.6) is 5.75 Å². The van der Waals surface area contributed by atoms with Crippen molar-refractivity contribution >= 4 is 5.91 Å². The van der Waals surface area contributed by atoms with Crippen molar-refractivity contribution in [2.45, 2.75) is 18.9 Å². The predicted molar refractivity (Wildman–Crippen MR) is 78.6 cm³/mol. The zero-order valence-corrected chi connectivity index (χ0v) is 11.8. The second-order valence-corrected chi connectivity index (χ2v) is 5.15. The minimum atomic E-state index is 0.0377. The van der Waals surface area contributed by atoms with E-state index in [2.05, 4.69) is 10.2 Å². The van der Waals surface area contributed by atoms with Crippen LogP contribution >= 0.6 is 0 Å². The number of carbonyl (C=O) groups excluding carboxylic acids is 1. The molecule has 0 unspecified atom stereocenters. The van der Waals surface area contributed by atoms with Crippen molar-refractivity contribution in [2.24, 2.45) is 5.73 Å². The Hall–Kier alpha value is -1.59. The smallest absolute Gasteiger partial charge is 0.234 e. The highest BCUT2D eigenvalue weighted by atomic mass is 16.5. The molecule has 1 aliphatic rings. The fourth-order valence-electron chi connectivity index (χ4n) is 2.37. The number of rotatable bonds is 6. The van der Waals surface area contributed by atoms with Crippen LogP contribution < -0.4 is 15.8 Å². The van der Waals surface area contributed by atoms with Crippen molar-refractivity contribution in [1.82, 2.24) is 10.2 Å². The first kappa shape index (κ1) is 14.8. The monoisotopic (exact) mass is 277 g/mol. The molecule has 0 aliphatic carbocycles. The quantitative estimate of drug-likeness (QED) is 0.747. The molecule has 20 heavy (non-hydrogen) atoms. The van der Waals surface area contributed by atoms with Gasteiger partial charge in [-0.15, -0.1) is 0 Å². The molecule has 5 nitrogen and oxygen atoms in total. The Labute approximate surface area is 120 Å². The number of piperidine rings is 1. The van der Waals surface area contributed by atoms with Gasteiger partial charge < -0.3 is 15.8 Å². The highest BCUT2D eigenvalue weighted by Gasteiger charge is 2.18. The summed E-state index contributed by atoms with van der Waals surface area (Å²) in [5.41, 5.74) is 5.89. The maximum Gasteiger partial charge on any atom is 0.234 e. The van der Waals surface area contributed by atoms with Crippen LogP contribution in [0, 0.1) is 0 Å². The molecule has 0 spiro atoms. The molecule has 0 aromatic heterocycles. The first-order chi connectivity index (χ1) is 9.74. The zero-order chi connectivity index (χ0) is 14.2. The molecule has 1 aliphatic heterocycles. The molecule has 0 radical (unpaired) electrons. The average Bonchev–Trinajstić information content (AvgIpc) is 2.45. The second kappa shape index (κ2) is 7.87. The first-order valence-electron chi connectivity index (χ1n) is 7.16. The summed E-state index contributed by atoms with van der Waals surface area (Å²) >= 11 is 0. The highest BCUT2D eigenvalue weighted by Crippen LogP contribution is 2.08. The van der Waals surface area contributed by atoms with Gasteiger partial charge in [0.05, 0.1) is 13.1 Å². The van der Waals surface area contributed by atoms with Crippen molar-refractivity contribution in [1.29, 1.82) is 0 Å². The van der Waals surface area contributed by atoms with E-state index in [0.717, 1.165) is 31.7 Å². The minimum absolute atomic E-state index is 0.0377. The van der Waals surface area contributed by atoms with Crippen LogP contribution in [-0.2, 0) is 4.79 Å². The summed E-state index contributed by atoms with van der Waals surface area (Å²) in [6.07, 6.45) is 2.13. The van der Waals surface area contributed by atoms with E-state index in [-0.39, 0.29) is 11.9 Å². The van der Waals surface area contributed by atoms with E-state index in [1.165, 1.54) is 0 Å². The minimum Gasteiger partial charge on any atom is -0.492 e. The Kier molecular flexibility index (Phi) is 5.83. The largest absolute Gasteiger partial charge is 0.492 e. The van der Waals surface area contributed by atoms with Crippen molar-refractivity contribution in [3.05, 3.63) is 30.3 Å². The van der Waals surface area contributed by atoms with Gasteiger partial charge in [-0.3, -0.25) is 9.69 Å². The number of benzene rings is 1. The number of ether oxygens (including phenoxy) is 1. The lowest BCUT2D eigenvalue weighted by atomic mass is 10.1. The molecular weight excluding hydrogens is 254 g/mol. The van der Waals surface area contributed by atoms with E-state index >= 15 is 0 Å². The molecule has 3 N–H and O–H groups in total. The van der Waals surface area contributed by atoms with E-state index < -0.39 is 0 Å². The van der Waals surface area contributed by atoms with Crippen LogP contribution in [0.15, 0.2) is 30.3 Å². The summed E-state index contributed by atoms with van der Waals surface area (Å²) < 4.78 is 5.52. The Morgan fingerprint density at radius 2 is 2.20 bits per heavy atom. The summed E-state index contributed by atoms with van der Waals surface area (Å²) in [5, 5.41) is 2.87. The van der Waals surface area contributed by atoms with Gasteiger partial charge in [-0.2, -0.15) is 0 Å². The molecular formula is C15H23N3O2. The summed E-state index contributed by atoms with van der Waals surface area (Å²) in [6.45, 7) is 3.21. The summed E-state index contributed by atoms with van der Waals surface area (Å²) in [4.78, 5) is 13.9. The van der Waals surface area contributed by atoms with Gasteiger partial charge in [0.1, 0.15) is 12.4 Å². The number of hydrogen-bond acceptors (Lipinski definition) is 4. The highest BCUT2D eigenvalue weighted by molar-refractivity contribution is 5.78. The molecule has 0 saturated carbocycles. The van der Waals surface area contributed by atoms with Gasteiger partial charge in [-0.25, -0.2) is 0 Å². The van der Waals surface area contributed by atoms with Crippen LogP contribution in [0.3, 0.4) is 0 Å². The van der Waals surface area contributed by atoms with Gasteiger partial charge in [0.25, 0.3) is 0 Å². The third kappa shape index (κ3) is 5.19. The van der Waals surface area contributed by atoms with E-state index in [1.807, 2.05) is 30.3 Å². The van der Waals surface area contributed by atoms with Gasteiger partial charge in [-0.05, 0) is 31.5 Å². The average molecular weight is 277 g/mol. The van der Waals surface area contributed by atoms with Crippen molar-refractivity contribution < 1.29 is 9.53 Å². The summed E-state index contributed by atoms with van der Waals surface area (Å²) in [5.74, 6) is 0.861. The third-order valence-corrected chi connectivity index (χ3v) is 3.35. The fraction of sp³-hybridized carbons (Fsp3) is 0.533. The van der Waals surface area contributed by atoms with Gasteiger partial charge >= 0.3 is 0 Å². The Balaban J connectivity index is 1.58. The summed E-state index contributed by atoms with van der Waals surface area (Å²) in [7, 11) is 0. The Bertz CT molecular complexity index is 411. The number of nitrogens with two attached hydrogens (primary N) is 1. The standard InChI is InChI=1S/C15H23N3O2/c16-13-5-4-9-18(11-13)12-15(19)17-8-10-20-14-6-2-1-3-7-14/h1-3,6-7,13H,4-5,8-12,16H2,(H,17,19)/t13-/m1/s1. The molecule has 1 atom stereocenters. The lowest BCUT2D eigenvalue weighted by molar-refractivity contribution is -0.122. The Morgan fingerprint density at radius 1 is 1.40 bits per heavy atom. The van der Waals surface area contributed by atoms with Gasteiger partial charge in [0, 0.05) is 12.6 Å². The molecule has 1 amide bonds. The predicted octanol–water partition coefficient (Wildman–Crippen LogP) is 0.605. The van der Waals surface area contributed by atoms with Crippen molar-refractivity contribution in [2.75, 3.05) is 32.8 Å². The van der Waals surface area contributed by atoms with Crippen LogP contribution in [0.25, 0.3) is 0 Å². The van der Waals surface area contributed by atoms with Gasteiger partial charge in [-0.1, -0.05) is 18.2 Å². The lowest BCUT2D eigenvalue weighted by Gasteiger charge is -2.29. The lowest BCUT2D eigenvalue weighted by Crippen LogP contribution is -2.47. The molecule has 0 bridgehead atoms. The number of para-hydroxylation sites is 1. The van der Waals surface area contributed by atoms with E-state index in [9.17, 15) is 4.79 Å². The van der Waals surface area contributed by atoms with Crippen molar-refractivity contribution in [3.63, 3.8) is 0 Å². The first-order valence-corrected chi connectivity index (χ1v) is 7.16. The molecule has 1 aromatic carbocycles. The van der Waals surface area contributed by atoms with Gasteiger partial charge in [0.2, 0.25) is 5.91 Å². The molecule has 110 valence electrons. The van der Waals surface area contributed by atoms with Crippen LogP contribution in [0.2, 0.25) is 0 Å². The molecule has 1 aromatic rings. The van der Waals surface area contributed by atoms with Crippen molar-refractivity contribution in [3.8, 4) is 5.75 Å². The number of hydrogen-bond donors (Lipinski definition) is 2. The normalized spacial score (nSPS) is 19.6. The number of carbonyl (C=O) groups is 1. The number of nitrogens with one attached hydrogen (secondary N) is 1. The van der Waals surface area contributed by atoms with Crippen LogP contribution in [-0.4, -0.2) is 49.6 Å². The SMILES string of the molecule is N[C@@H]1CCCN(CC(=O)NCCOc2ccccc2)C1. The van der Waals surface area contributed by atoms with E-state index in [1.54, 1.807) is 0 Å².